The number of carbonyl (C=O) groups excluding carboxylic acids is 1. The SMILES string of the molecule is O=C(NC1(CO)CCC1)[C@@H]1CC[C@H](C(=O)O)O1. The van der Waals surface area contributed by atoms with E-state index < -0.39 is 23.7 Å². The van der Waals surface area contributed by atoms with Crippen LogP contribution in [0.15, 0.2) is 0 Å². The molecule has 1 heterocycles. The molecule has 0 aromatic rings. The lowest BCUT2D eigenvalue weighted by molar-refractivity contribution is -0.152. The molecule has 0 unspecified atom stereocenters. The van der Waals surface area contributed by atoms with Crippen molar-refractivity contribution in [3.63, 3.8) is 0 Å². The summed E-state index contributed by atoms with van der Waals surface area (Å²) in [6.07, 6.45) is 1.74. The summed E-state index contributed by atoms with van der Waals surface area (Å²) >= 11 is 0. The topological polar surface area (TPSA) is 95.9 Å². The number of aliphatic hydroxyl groups is 1. The second-order valence-corrected chi connectivity index (χ2v) is 4.81. The molecule has 0 aromatic heterocycles. The lowest BCUT2D eigenvalue weighted by Crippen LogP contribution is -2.58. The van der Waals surface area contributed by atoms with Gasteiger partial charge in [0.15, 0.2) is 6.10 Å². The van der Waals surface area contributed by atoms with Crippen LogP contribution in [0.1, 0.15) is 32.1 Å². The fourth-order valence-electron chi connectivity index (χ4n) is 2.28. The third-order valence-electron chi connectivity index (χ3n) is 3.59. The predicted molar refractivity (Wildman–Crippen MR) is 57.3 cm³/mol. The normalized spacial score (nSPS) is 30.6. The van der Waals surface area contributed by atoms with E-state index in [4.69, 9.17) is 9.84 Å². The van der Waals surface area contributed by atoms with Gasteiger partial charge in [0.1, 0.15) is 6.10 Å². The second-order valence-electron chi connectivity index (χ2n) is 4.81. The number of rotatable bonds is 4. The molecule has 96 valence electrons. The van der Waals surface area contributed by atoms with E-state index >= 15 is 0 Å². The van der Waals surface area contributed by atoms with Crippen LogP contribution >= 0.6 is 0 Å². The number of aliphatic carboxylic acids is 1. The van der Waals surface area contributed by atoms with Crippen LogP contribution < -0.4 is 5.32 Å². The van der Waals surface area contributed by atoms with Crippen molar-refractivity contribution in [1.82, 2.24) is 5.32 Å². The molecule has 1 aliphatic heterocycles. The number of hydrogen-bond donors (Lipinski definition) is 3. The zero-order valence-electron chi connectivity index (χ0n) is 9.52. The van der Waals surface area contributed by atoms with Crippen LogP contribution in [-0.2, 0) is 14.3 Å². The Bertz CT molecular complexity index is 320. The standard InChI is InChI=1S/C11H17NO5/c13-6-11(4-1-5-11)12-9(14)7-2-3-8(17-7)10(15)16/h7-8,13H,1-6H2,(H,12,14)(H,15,16)/t7-,8+/m0/s1. The average Bonchev–Trinajstić information content (AvgIpc) is 2.72. The highest BCUT2D eigenvalue weighted by Gasteiger charge is 2.41. The average molecular weight is 243 g/mol. The number of amides is 1. The first-order valence-corrected chi connectivity index (χ1v) is 5.87. The van der Waals surface area contributed by atoms with Crippen molar-refractivity contribution in [3.8, 4) is 0 Å². The number of carbonyl (C=O) groups is 2. The smallest absolute Gasteiger partial charge is 0.332 e. The molecule has 1 saturated carbocycles. The van der Waals surface area contributed by atoms with Crippen LogP contribution in [-0.4, -0.2) is 46.4 Å². The summed E-state index contributed by atoms with van der Waals surface area (Å²) in [7, 11) is 0. The molecule has 6 nitrogen and oxygen atoms in total. The van der Waals surface area contributed by atoms with Crippen LogP contribution in [0.25, 0.3) is 0 Å². The Kier molecular flexibility index (Phi) is 3.35. The van der Waals surface area contributed by atoms with Crippen molar-refractivity contribution < 1.29 is 24.5 Å². The third-order valence-corrected chi connectivity index (χ3v) is 3.59. The maximum absolute atomic E-state index is 11.8. The second kappa shape index (κ2) is 4.62. The minimum Gasteiger partial charge on any atom is -0.479 e. The first-order valence-electron chi connectivity index (χ1n) is 5.87. The summed E-state index contributed by atoms with van der Waals surface area (Å²) in [5.41, 5.74) is -0.498. The minimum atomic E-state index is -1.03. The van der Waals surface area contributed by atoms with Gasteiger partial charge < -0.3 is 20.3 Å². The van der Waals surface area contributed by atoms with Crippen molar-refractivity contribution in [2.24, 2.45) is 0 Å². The fourth-order valence-corrected chi connectivity index (χ4v) is 2.28. The van der Waals surface area contributed by atoms with Gasteiger partial charge in [-0.05, 0) is 32.1 Å². The molecule has 2 fully saturated rings. The molecule has 0 radical (unpaired) electrons. The lowest BCUT2D eigenvalue weighted by atomic mass is 9.77. The predicted octanol–water partition coefficient (Wildman–Crippen LogP) is -0.350. The van der Waals surface area contributed by atoms with E-state index in [1.54, 1.807) is 0 Å². The monoisotopic (exact) mass is 243 g/mol. The zero-order chi connectivity index (χ0) is 12.5. The largest absolute Gasteiger partial charge is 0.479 e. The third kappa shape index (κ3) is 2.42. The van der Waals surface area contributed by atoms with Gasteiger partial charge in [-0.1, -0.05) is 0 Å². The molecule has 2 rings (SSSR count). The van der Waals surface area contributed by atoms with Crippen molar-refractivity contribution in [3.05, 3.63) is 0 Å². The summed E-state index contributed by atoms with van der Waals surface area (Å²) in [6.45, 7) is -0.0756. The van der Waals surface area contributed by atoms with Gasteiger partial charge in [-0.3, -0.25) is 4.79 Å². The van der Waals surface area contributed by atoms with Crippen molar-refractivity contribution >= 4 is 11.9 Å². The molecule has 6 heteroatoms. The van der Waals surface area contributed by atoms with Crippen LogP contribution in [0.2, 0.25) is 0 Å². The number of carboxylic acid groups (broad SMARTS) is 1. The van der Waals surface area contributed by atoms with Gasteiger partial charge in [-0.2, -0.15) is 0 Å². The van der Waals surface area contributed by atoms with E-state index in [1.165, 1.54) is 0 Å². The number of nitrogens with one attached hydrogen (secondary N) is 1. The molecular weight excluding hydrogens is 226 g/mol. The molecule has 0 bridgehead atoms. The fraction of sp³-hybridized carbons (Fsp3) is 0.818. The Morgan fingerprint density at radius 3 is 2.35 bits per heavy atom. The van der Waals surface area contributed by atoms with E-state index in [-0.39, 0.29) is 12.5 Å². The van der Waals surface area contributed by atoms with E-state index in [0.717, 1.165) is 19.3 Å². The van der Waals surface area contributed by atoms with Gasteiger partial charge in [0.25, 0.3) is 0 Å². The molecular formula is C11H17NO5. The van der Waals surface area contributed by atoms with Crippen molar-refractivity contribution in [2.75, 3.05) is 6.61 Å². The lowest BCUT2D eigenvalue weighted by Gasteiger charge is -2.41. The highest BCUT2D eigenvalue weighted by Crippen LogP contribution is 2.32. The molecule has 1 saturated heterocycles. The number of carboxylic acids is 1. The van der Waals surface area contributed by atoms with Crippen molar-refractivity contribution in [1.29, 1.82) is 0 Å². The van der Waals surface area contributed by atoms with Gasteiger partial charge >= 0.3 is 5.97 Å². The quantitative estimate of drug-likeness (QED) is 0.627. The van der Waals surface area contributed by atoms with E-state index in [0.29, 0.717) is 12.8 Å². The Labute approximate surface area is 99.0 Å². The van der Waals surface area contributed by atoms with E-state index in [1.807, 2.05) is 0 Å². The molecule has 1 aliphatic carbocycles. The highest BCUT2D eigenvalue weighted by atomic mass is 16.5. The number of ether oxygens (including phenoxy) is 1. The molecule has 2 atom stereocenters. The maximum atomic E-state index is 11.8. The van der Waals surface area contributed by atoms with Gasteiger partial charge in [-0.15, -0.1) is 0 Å². The summed E-state index contributed by atoms with van der Waals surface area (Å²) in [5, 5.41) is 20.7. The number of aliphatic hydroxyl groups excluding tert-OH is 1. The maximum Gasteiger partial charge on any atom is 0.332 e. The summed E-state index contributed by atoms with van der Waals surface area (Å²) < 4.78 is 5.15. The molecule has 17 heavy (non-hydrogen) atoms. The highest BCUT2D eigenvalue weighted by molar-refractivity contribution is 5.83. The van der Waals surface area contributed by atoms with E-state index in [9.17, 15) is 14.7 Å². The summed E-state index contributed by atoms with van der Waals surface area (Å²) in [6, 6.07) is 0. The molecule has 1 amide bonds. The first-order chi connectivity index (χ1) is 8.06. The summed E-state index contributed by atoms with van der Waals surface area (Å²) in [4.78, 5) is 22.5. The van der Waals surface area contributed by atoms with Gasteiger partial charge in [0, 0.05) is 0 Å². The van der Waals surface area contributed by atoms with Gasteiger partial charge in [-0.25, -0.2) is 4.79 Å². The Hall–Kier alpha value is -1.14. The Morgan fingerprint density at radius 2 is 1.94 bits per heavy atom. The van der Waals surface area contributed by atoms with Crippen LogP contribution in [0.4, 0.5) is 0 Å². The molecule has 3 N–H and O–H groups in total. The zero-order valence-corrected chi connectivity index (χ0v) is 9.52. The Morgan fingerprint density at radius 1 is 1.29 bits per heavy atom. The van der Waals surface area contributed by atoms with Crippen LogP contribution in [0, 0.1) is 0 Å². The Balaban J connectivity index is 1.87. The van der Waals surface area contributed by atoms with Gasteiger partial charge in [0.05, 0.1) is 12.1 Å². The summed E-state index contributed by atoms with van der Waals surface area (Å²) in [5.74, 6) is -1.33. The molecule has 0 spiro atoms. The molecule has 0 aromatic carbocycles. The van der Waals surface area contributed by atoms with Gasteiger partial charge in [0.2, 0.25) is 5.91 Å². The number of hydrogen-bond acceptors (Lipinski definition) is 4. The molecule has 2 aliphatic rings. The van der Waals surface area contributed by atoms with Crippen LogP contribution in [0.3, 0.4) is 0 Å². The minimum absolute atomic E-state index is 0.0756. The van der Waals surface area contributed by atoms with Crippen LogP contribution in [0.5, 0.6) is 0 Å². The van der Waals surface area contributed by atoms with E-state index in [2.05, 4.69) is 5.32 Å². The first kappa shape index (κ1) is 12.3. The van der Waals surface area contributed by atoms with Crippen molar-refractivity contribution in [2.45, 2.75) is 49.9 Å².